The van der Waals surface area contributed by atoms with Crippen LogP contribution in [0.3, 0.4) is 0 Å². The summed E-state index contributed by atoms with van der Waals surface area (Å²) in [5.41, 5.74) is 4.55. The molecule has 1 aromatic heterocycles. The van der Waals surface area contributed by atoms with Crippen LogP contribution in [-0.2, 0) is 11.4 Å². The van der Waals surface area contributed by atoms with Gasteiger partial charge in [0.1, 0.15) is 12.4 Å². The third-order valence-corrected chi connectivity index (χ3v) is 6.85. The molecular weight excluding hydrogens is 510 g/mol. The first kappa shape index (κ1) is 28.8. The van der Waals surface area contributed by atoms with Gasteiger partial charge in [-0.3, -0.25) is 19.8 Å². The third-order valence-electron chi connectivity index (χ3n) is 6.85. The zero-order chi connectivity index (χ0) is 28.9. The fourth-order valence-corrected chi connectivity index (χ4v) is 4.91. The molecule has 0 spiro atoms. The summed E-state index contributed by atoms with van der Waals surface area (Å²) in [6, 6.07) is 16.1. The number of piperidine rings is 1. The SMILES string of the molecule is Cc1cc(COc2ccc(C(=O)N[C@@H]3CN(C(=O)NC(C)(C)C)CC[C@H]3CC(=O)NO)cc2)c2ccccc2n1. The number of carbonyl (C=O) groups excluding carboxylic acids is 3. The van der Waals surface area contributed by atoms with Crippen molar-refractivity contribution in [3.63, 3.8) is 0 Å². The van der Waals surface area contributed by atoms with Crippen molar-refractivity contribution in [3.8, 4) is 5.75 Å². The van der Waals surface area contributed by atoms with Gasteiger partial charge in [-0.2, -0.15) is 0 Å². The molecule has 1 aliphatic rings. The lowest BCUT2D eigenvalue weighted by molar-refractivity contribution is -0.130. The average Bonchev–Trinajstić information content (AvgIpc) is 2.91. The number of aryl methyl sites for hydroxylation is 1. The monoisotopic (exact) mass is 547 g/mol. The molecule has 1 saturated heterocycles. The molecule has 3 aromatic rings. The fourth-order valence-electron chi connectivity index (χ4n) is 4.91. The highest BCUT2D eigenvalue weighted by Gasteiger charge is 2.34. The molecular formula is C30H37N5O5. The summed E-state index contributed by atoms with van der Waals surface area (Å²) in [5.74, 6) is -0.471. The topological polar surface area (TPSA) is 133 Å². The number of nitrogens with one attached hydrogen (secondary N) is 3. The van der Waals surface area contributed by atoms with Gasteiger partial charge in [0, 0.05) is 47.3 Å². The number of urea groups is 1. The van der Waals surface area contributed by atoms with Crippen LogP contribution in [0.5, 0.6) is 5.75 Å². The summed E-state index contributed by atoms with van der Waals surface area (Å²) in [7, 11) is 0. The minimum Gasteiger partial charge on any atom is -0.489 e. The second-order valence-electron chi connectivity index (χ2n) is 11.2. The van der Waals surface area contributed by atoms with Gasteiger partial charge in [-0.1, -0.05) is 18.2 Å². The number of ether oxygens (including phenoxy) is 1. The number of amides is 4. The van der Waals surface area contributed by atoms with Crippen LogP contribution >= 0.6 is 0 Å². The molecule has 0 saturated carbocycles. The standard InChI is InChI=1S/C30H37N5O5/c1-19-15-22(24-7-5-6-8-25(24)31-19)18-40-23-11-9-20(10-12-23)28(37)32-26-17-35(29(38)33-30(2,3)4)14-13-21(26)16-27(36)34-39/h5-12,15,21,26,39H,13-14,16-18H2,1-4H3,(H,32,37)(H,33,38)(H,34,36)/t21-,26+/m0/s1. The van der Waals surface area contributed by atoms with Gasteiger partial charge in [-0.25, -0.2) is 10.3 Å². The summed E-state index contributed by atoms with van der Waals surface area (Å²) in [4.78, 5) is 44.0. The molecule has 0 bridgehead atoms. The van der Waals surface area contributed by atoms with Gasteiger partial charge in [0.2, 0.25) is 5.91 Å². The lowest BCUT2D eigenvalue weighted by atomic mass is 9.88. The minimum atomic E-state index is -0.532. The highest BCUT2D eigenvalue weighted by Crippen LogP contribution is 2.24. The van der Waals surface area contributed by atoms with Crippen molar-refractivity contribution in [2.45, 2.75) is 58.7 Å². The Labute approximate surface area is 234 Å². The number of hydrogen-bond acceptors (Lipinski definition) is 6. The average molecular weight is 548 g/mol. The largest absolute Gasteiger partial charge is 0.489 e. The molecule has 0 unspecified atom stereocenters. The normalized spacial score (nSPS) is 17.3. The van der Waals surface area contributed by atoms with Crippen LogP contribution in [0.4, 0.5) is 4.79 Å². The molecule has 0 aliphatic carbocycles. The summed E-state index contributed by atoms with van der Waals surface area (Å²) < 4.78 is 6.01. The van der Waals surface area contributed by atoms with E-state index in [9.17, 15) is 14.4 Å². The smallest absolute Gasteiger partial charge is 0.317 e. The summed E-state index contributed by atoms with van der Waals surface area (Å²) in [6.07, 6.45) is 0.540. The van der Waals surface area contributed by atoms with Crippen LogP contribution < -0.4 is 20.9 Å². The second kappa shape index (κ2) is 12.3. The van der Waals surface area contributed by atoms with Crippen LogP contribution in [0.2, 0.25) is 0 Å². The number of nitrogens with zero attached hydrogens (tertiary/aromatic N) is 2. The summed E-state index contributed by atoms with van der Waals surface area (Å²) in [5, 5.41) is 16.0. The zero-order valence-corrected chi connectivity index (χ0v) is 23.4. The van der Waals surface area contributed by atoms with Crippen molar-refractivity contribution < 1.29 is 24.3 Å². The molecule has 4 amide bonds. The van der Waals surface area contributed by atoms with Crippen molar-refractivity contribution in [1.82, 2.24) is 26.0 Å². The van der Waals surface area contributed by atoms with Gasteiger partial charge in [0.05, 0.1) is 11.6 Å². The van der Waals surface area contributed by atoms with E-state index in [0.29, 0.717) is 30.9 Å². The van der Waals surface area contributed by atoms with Crippen LogP contribution in [-0.4, -0.2) is 57.6 Å². The van der Waals surface area contributed by atoms with E-state index in [4.69, 9.17) is 9.94 Å². The minimum absolute atomic E-state index is 0.0338. The number of hydroxylamine groups is 1. The maximum atomic E-state index is 13.2. The fraction of sp³-hybridized carbons (Fsp3) is 0.400. The predicted octanol–water partition coefficient (Wildman–Crippen LogP) is 3.95. The highest BCUT2D eigenvalue weighted by molar-refractivity contribution is 5.94. The van der Waals surface area contributed by atoms with Crippen LogP contribution in [0, 0.1) is 12.8 Å². The number of likely N-dealkylation sites (tertiary alicyclic amines) is 1. The van der Waals surface area contributed by atoms with Gasteiger partial charge >= 0.3 is 6.03 Å². The Balaban J connectivity index is 1.41. The van der Waals surface area contributed by atoms with Crippen LogP contribution in [0.15, 0.2) is 54.6 Å². The molecule has 2 heterocycles. The van der Waals surface area contributed by atoms with Crippen molar-refractivity contribution in [3.05, 3.63) is 71.4 Å². The molecule has 4 N–H and O–H groups in total. The molecule has 1 fully saturated rings. The first-order chi connectivity index (χ1) is 19.0. The second-order valence-corrected chi connectivity index (χ2v) is 11.2. The zero-order valence-electron chi connectivity index (χ0n) is 23.4. The molecule has 2 aromatic carbocycles. The molecule has 212 valence electrons. The van der Waals surface area contributed by atoms with E-state index < -0.39 is 17.5 Å². The molecule has 0 radical (unpaired) electrons. The Bertz CT molecular complexity index is 1370. The Morgan fingerprint density at radius 3 is 2.52 bits per heavy atom. The van der Waals surface area contributed by atoms with E-state index in [0.717, 1.165) is 22.2 Å². The molecule has 40 heavy (non-hydrogen) atoms. The molecule has 10 nitrogen and oxygen atoms in total. The maximum Gasteiger partial charge on any atom is 0.317 e. The lowest BCUT2D eigenvalue weighted by Crippen LogP contribution is -2.58. The maximum absolute atomic E-state index is 13.2. The predicted molar refractivity (Wildman–Crippen MR) is 151 cm³/mol. The van der Waals surface area contributed by atoms with E-state index in [-0.39, 0.29) is 30.8 Å². The van der Waals surface area contributed by atoms with Gasteiger partial charge in [-0.15, -0.1) is 0 Å². The number of aromatic nitrogens is 1. The number of carbonyl (C=O) groups is 3. The Kier molecular flexibility index (Phi) is 8.89. The van der Waals surface area contributed by atoms with Crippen molar-refractivity contribution in [2.24, 2.45) is 5.92 Å². The van der Waals surface area contributed by atoms with Crippen molar-refractivity contribution in [1.29, 1.82) is 0 Å². The summed E-state index contributed by atoms with van der Waals surface area (Å²) >= 11 is 0. The van der Waals surface area contributed by atoms with E-state index in [1.54, 1.807) is 34.6 Å². The number of hydrogen-bond donors (Lipinski definition) is 4. The Morgan fingerprint density at radius 1 is 1.10 bits per heavy atom. The number of fused-ring (bicyclic) bond motifs is 1. The van der Waals surface area contributed by atoms with Crippen molar-refractivity contribution >= 4 is 28.7 Å². The van der Waals surface area contributed by atoms with Crippen molar-refractivity contribution in [2.75, 3.05) is 13.1 Å². The number of pyridine rings is 1. The molecule has 1 aliphatic heterocycles. The lowest BCUT2D eigenvalue weighted by Gasteiger charge is -2.39. The van der Waals surface area contributed by atoms with Crippen LogP contribution in [0.25, 0.3) is 10.9 Å². The van der Waals surface area contributed by atoms with Crippen LogP contribution in [0.1, 0.15) is 55.2 Å². The molecule has 2 atom stereocenters. The van der Waals surface area contributed by atoms with E-state index in [1.807, 2.05) is 58.0 Å². The first-order valence-corrected chi connectivity index (χ1v) is 13.4. The van der Waals surface area contributed by atoms with E-state index in [2.05, 4.69) is 15.6 Å². The quantitative estimate of drug-likeness (QED) is 0.262. The van der Waals surface area contributed by atoms with E-state index >= 15 is 0 Å². The third kappa shape index (κ3) is 7.47. The molecule has 4 rings (SSSR count). The van der Waals surface area contributed by atoms with Gasteiger partial charge in [0.15, 0.2) is 0 Å². The number of benzene rings is 2. The Hall–Kier alpha value is -4.18. The summed E-state index contributed by atoms with van der Waals surface area (Å²) in [6.45, 7) is 8.70. The van der Waals surface area contributed by atoms with E-state index in [1.165, 1.54) is 0 Å². The van der Waals surface area contributed by atoms with Gasteiger partial charge < -0.3 is 20.3 Å². The Morgan fingerprint density at radius 2 is 1.82 bits per heavy atom. The van der Waals surface area contributed by atoms with Gasteiger partial charge in [-0.05, 0) is 76.4 Å². The molecule has 10 heteroatoms. The first-order valence-electron chi connectivity index (χ1n) is 13.4. The highest BCUT2D eigenvalue weighted by atomic mass is 16.5. The number of para-hydroxylation sites is 1. The van der Waals surface area contributed by atoms with Gasteiger partial charge in [0.25, 0.3) is 5.91 Å². The number of rotatable bonds is 7.